The predicted molar refractivity (Wildman–Crippen MR) is 185 cm³/mol. The Hall–Kier alpha value is -1.93. The molecular formula is C38H71NO7. The molecule has 0 aliphatic rings. The van der Waals surface area contributed by atoms with Gasteiger partial charge in [-0.15, -0.1) is 0 Å². The molecule has 0 saturated heterocycles. The number of hydrogen-bond donors (Lipinski definition) is 0. The van der Waals surface area contributed by atoms with E-state index in [1.165, 1.54) is 83.5 Å². The smallest absolute Gasteiger partial charge is 0.306 e. The Morgan fingerprint density at radius 3 is 1.59 bits per heavy atom. The Kier molecular flexibility index (Phi) is 29.1. The fourth-order valence-electron chi connectivity index (χ4n) is 5.42. The Morgan fingerprint density at radius 1 is 0.630 bits per heavy atom. The lowest BCUT2D eigenvalue weighted by molar-refractivity contribution is -0.889. The second kappa shape index (κ2) is 30.4. The number of quaternary nitrogens is 1. The summed E-state index contributed by atoms with van der Waals surface area (Å²) in [4.78, 5) is 36.3. The largest absolute Gasteiger partial charge is 0.544 e. The van der Waals surface area contributed by atoms with Crippen molar-refractivity contribution >= 4 is 17.9 Å². The van der Waals surface area contributed by atoms with Crippen molar-refractivity contribution in [3.63, 3.8) is 0 Å². The second-order valence-electron chi connectivity index (χ2n) is 13.8. The standard InChI is InChI=1S/C38H71NO7/c1-6-8-10-12-13-14-15-16-17-18-19-20-21-22-23-24-25-27-29-37(41)46-34(33-45-36(40)28-26-11-9-7-2)32-44-31-30-35(38(42)43)39(3,4)5/h17-18,34-35H,6-16,19-33H2,1-5H3/b18-17-. The number of carbonyl (C=O) groups is 3. The summed E-state index contributed by atoms with van der Waals surface area (Å²) < 4.78 is 16.9. The number of unbranched alkanes of at least 4 members (excludes halogenated alkanes) is 17. The first kappa shape index (κ1) is 44.1. The Morgan fingerprint density at radius 2 is 1.09 bits per heavy atom. The van der Waals surface area contributed by atoms with Gasteiger partial charge in [0.1, 0.15) is 12.6 Å². The van der Waals surface area contributed by atoms with Crippen LogP contribution in [0.15, 0.2) is 12.2 Å². The van der Waals surface area contributed by atoms with Crippen LogP contribution in [0.4, 0.5) is 0 Å². The van der Waals surface area contributed by atoms with Gasteiger partial charge in [-0.25, -0.2) is 0 Å². The summed E-state index contributed by atoms with van der Waals surface area (Å²) in [7, 11) is 5.38. The molecule has 0 fully saturated rings. The first-order valence-electron chi connectivity index (χ1n) is 18.7. The third kappa shape index (κ3) is 28.3. The monoisotopic (exact) mass is 654 g/mol. The predicted octanol–water partition coefficient (Wildman–Crippen LogP) is 7.85. The third-order valence-corrected chi connectivity index (χ3v) is 8.40. The van der Waals surface area contributed by atoms with E-state index in [0.29, 0.717) is 12.8 Å². The molecule has 2 atom stereocenters. The molecule has 2 unspecified atom stereocenters. The maximum absolute atomic E-state index is 12.6. The molecular weight excluding hydrogens is 582 g/mol. The maximum Gasteiger partial charge on any atom is 0.306 e. The lowest BCUT2D eigenvalue weighted by atomic mass is 10.1. The van der Waals surface area contributed by atoms with Crippen molar-refractivity contribution in [2.45, 2.75) is 174 Å². The van der Waals surface area contributed by atoms with Gasteiger partial charge in [0.25, 0.3) is 0 Å². The SMILES string of the molecule is CCCCCCCCC/C=C\CCCCCCCCCC(=O)OC(COCCC(C(=O)[O-])[N+](C)(C)C)COC(=O)CCCCCC. The first-order chi connectivity index (χ1) is 22.1. The van der Waals surface area contributed by atoms with Crippen LogP contribution >= 0.6 is 0 Å². The molecule has 0 aromatic heterocycles. The van der Waals surface area contributed by atoms with E-state index in [9.17, 15) is 19.5 Å². The number of rotatable bonds is 33. The number of likely N-dealkylation sites (N-methyl/N-ethyl adjacent to an activating group) is 1. The number of hydrogen-bond acceptors (Lipinski definition) is 7. The van der Waals surface area contributed by atoms with Gasteiger partial charge in [0.05, 0.1) is 40.3 Å². The molecule has 0 aromatic rings. The molecule has 0 spiro atoms. The van der Waals surface area contributed by atoms with E-state index < -0.39 is 18.1 Å². The molecule has 0 heterocycles. The number of carboxylic acids is 1. The summed E-state index contributed by atoms with van der Waals surface area (Å²) in [6.45, 7) is 4.53. The molecule has 0 radical (unpaired) electrons. The fourth-order valence-corrected chi connectivity index (χ4v) is 5.42. The van der Waals surface area contributed by atoms with Crippen molar-refractivity contribution in [1.29, 1.82) is 0 Å². The average molecular weight is 654 g/mol. The van der Waals surface area contributed by atoms with Crippen LogP contribution in [-0.4, -0.2) is 75.5 Å². The minimum absolute atomic E-state index is 0.0417. The van der Waals surface area contributed by atoms with E-state index in [1.807, 2.05) is 0 Å². The summed E-state index contributed by atoms with van der Waals surface area (Å²) in [5, 5.41) is 11.5. The topological polar surface area (TPSA) is 102 Å². The maximum atomic E-state index is 12.6. The number of ether oxygens (including phenoxy) is 3. The number of aliphatic carboxylic acids is 1. The highest BCUT2D eigenvalue weighted by Crippen LogP contribution is 2.13. The first-order valence-corrected chi connectivity index (χ1v) is 18.7. The van der Waals surface area contributed by atoms with Crippen molar-refractivity contribution in [2.75, 3.05) is 41.0 Å². The van der Waals surface area contributed by atoms with Gasteiger partial charge in [-0.3, -0.25) is 9.59 Å². The van der Waals surface area contributed by atoms with Crippen LogP contribution in [0.2, 0.25) is 0 Å². The van der Waals surface area contributed by atoms with Crippen LogP contribution in [0.25, 0.3) is 0 Å². The zero-order valence-corrected chi connectivity index (χ0v) is 30.5. The molecule has 8 nitrogen and oxygen atoms in total. The minimum atomic E-state index is -1.13. The van der Waals surface area contributed by atoms with Gasteiger partial charge in [0.15, 0.2) is 6.10 Å². The van der Waals surface area contributed by atoms with Crippen molar-refractivity contribution in [3.05, 3.63) is 12.2 Å². The van der Waals surface area contributed by atoms with Crippen LogP contribution < -0.4 is 5.11 Å². The highest BCUT2D eigenvalue weighted by molar-refractivity contribution is 5.70. The van der Waals surface area contributed by atoms with E-state index >= 15 is 0 Å². The van der Waals surface area contributed by atoms with E-state index in [1.54, 1.807) is 21.1 Å². The van der Waals surface area contributed by atoms with Gasteiger partial charge in [0, 0.05) is 19.3 Å². The molecule has 0 bridgehead atoms. The zero-order valence-electron chi connectivity index (χ0n) is 30.5. The van der Waals surface area contributed by atoms with E-state index in [4.69, 9.17) is 14.2 Å². The zero-order chi connectivity index (χ0) is 34.3. The van der Waals surface area contributed by atoms with Gasteiger partial charge in [-0.05, 0) is 38.5 Å². The molecule has 0 amide bonds. The van der Waals surface area contributed by atoms with Gasteiger partial charge in [0.2, 0.25) is 0 Å². The molecule has 0 aromatic carbocycles. The number of nitrogens with zero attached hydrogens (tertiary/aromatic N) is 1. The van der Waals surface area contributed by atoms with E-state index in [2.05, 4.69) is 26.0 Å². The highest BCUT2D eigenvalue weighted by Gasteiger charge is 2.25. The normalized spacial score (nSPS) is 13.2. The second-order valence-corrected chi connectivity index (χ2v) is 13.8. The Balaban J connectivity index is 4.20. The molecule has 0 rings (SSSR count). The van der Waals surface area contributed by atoms with Crippen LogP contribution in [0.1, 0.15) is 162 Å². The highest BCUT2D eigenvalue weighted by atomic mass is 16.6. The molecule has 0 aliphatic heterocycles. The number of allylic oxidation sites excluding steroid dienone is 2. The molecule has 270 valence electrons. The van der Waals surface area contributed by atoms with Crippen LogP contribution in [-0.2, 0) is 28.6 Å². The van der Waals surface area contributed by atoms with Gasteiger partial charge < -0.3 is 28.6 Å². The summed E-state index contributed by atoms with van der Waals surface area (Å²) in [5.74, 6) is -1.76. The molecule has 8 heteroatoms. The Bertz CT molecular complexity index is 778. The van der Waals surface area contributed by atoms with Gasteiger partial charge >= 0.3 is 11.9 Å². The third-order valence-electron chi connectivity index (χ3n) is 8.40. The van der Waals surface area contributed by atoms with Crippen molar-refractivity contribution in [2.24, 2.45) is 0 Å². The summed E-state index contributed by atoms with van der Waals surface area (Å²) in [6.07, 6.45) is 28.6. The van der Waals surface area contributed by atoms with Gasteiger partial charge in [-0.1, -0.05) is 116 Å². The summed E-state index contributed by atoms with van der Waals surface area (Å²) >= 11 is 0. The average Bonchev–Trinajstić information content (AvgIpc) is 3.00. The van der Waals surface area contributed by atoms with Crippen LogP contribution in [0.3, 0.4) is 0 Å². The number of carboxylic acid groups (broad SMARTS) is 1. The van der Waals surface area contributed by atoms with E-state index in [-0.39, 0.29) is 42.7 Å². The van der Waals surface area contributed by atoms with Crippen LogP contribution in [0, 0.1) is 0 Å². The molecule has 0 N–H and O–H groups in total. The minimum Gasteiger partial charge on any atom is -0.544 e. The van der Waals surface area contributed by atoms with Crippen molar-refractivity contribution in [1.82, 2.24) is 0 Å². The number of carbonyl (C=O) groups excluding carboxylic acids is 3. The Labute approximate surface area is 282 Å². The fraction of sp³-hybridized carbons (Fsp3) is 0.868. The summed E-state index contributed by atoms with van der Waals surface area (Å²) in [6, 6.07) is -0.719. The van der Waals surface area contributed by atoms with E-state index in [0.717, 1.165) is 44.9 Å². The van der Waals surface area contributed by atoms with Crippen molar-refractivity contribution in [3.8, 4) is 0 Å². The van der Waals surface area contributed by atoms with Gasteiger partial charge in [-0.2, -0.15) is 0 Å². The van der Waals surface area contributed by atoms with Crippen molar-refractivity contribution < 1.29 is 38.2 Å². The number of esters is 2. The van der Waals surface area contributed by atoms with Crippen LogP contribution in [0.5, 0.6) is 0 Å². The molecule has 0 aliphatic carbocycles. The quantitative estimate of drug-likeness (QED) is 0.0308. The molecule has 0 saturated carbocycles. The lowest BCUT2D eigenvalue weighted by Crippen LogP contribution is -2.55. The molecule has 46 heavy (non-hydrogen) atoms. The summed E-state index contributed by atoms with van der Waals surface area (Å²) in [5.41, 5.74) is 0. The lowest BCUT2D eigenvalue weighted by Gasteiger charge is -2.34.